The molecule has 21 heavy (non-hydrogen) atoms. The summed E-state index contributed by atoms with van der Waals surface area (Å²) in [6, 6.07) is 5.73. The summed E-state index contributed by atoms with van der Waals surface area (Å²) in [7, 11) is 0. The highest BCUT2D eigenvalue weighted by molar-refractivity contribution is 5.85. The topological polar surface area (TPSA) is 84.7 Å². The predicted octanol–water partition coefficient (Wildman–Crippen LogP) is 1.18. The smallest absolute Gasteiger partial charge is 0.269 e. The largest absolute Gasteiger partial charge is 0.478 e. The summed E-state index contributed by atoms with van der Waals surface area (Å²) >= 11 is 0. The SMILES string of the molecule is CC(C)(Oc1ccc([N+](=O)[O-])cc1)C(=O)N1CCNCC1. The molecule has 1 aromatic rings. The van der Waals surface area contributed by atoms with Crippen LogP contribution < -0.4 is 10.1 Å². The molecule has 0 aliphatic carbocycles. The minimum Gasteiger partial charge on any atom is -0.478 e. The van der Waals surface area contributed by atoms with Crippen molar-refractivity contribution in [1.82, 2.24) is 10.2 Å². The van der Waals surface area contributed by atoms with Crippen molar-refractivity contribution < 1.29 is 14.5 Å². The number of carbonyl (C=O) groups excluding carboxylic acids is 1. The first kappa shape index (κ1) is 15.2. The molecule has 1 aliphatic heterocycles. The first-order chi connectivity index (χ1) is 9.90. The molecule has 0 unspecified atom stereocenters. The van der Waals surface area contributed by atoms with Crippen molar-refractivity contribution >= 4 is 11.6 Å². The molecule has 0 radical (unpaired) electrons. The Morgan fingerprint density at radius 3 is 2.38 bits per heavy atom. The number of nitro benzene ring substituents is 1. The number of carbonyl (C=O) groups is 1. The van der Waals surface area contributed by atoms with E-state index < -0.39 is 10.5 Å². The first-order valence-electron chi connectivity index (χ1n) is 6.84. The predicted molar refractivity (Wildman–Crippen MR) is 77.3 cm³/mol. The van der Waals surface area contributed by atoms with Crippen LogP contribution in [0.2, 0.25) is 0 Å². The number of nitrogens with one attached hydrogen (secondary N) is 1. The second-order valence-electron chi connectivity index (χ2n) is 5.41. The van der Waals surface area contributed by atoms with Gasteiger partial charge in [-0.05, 0) is 26.0 Å². The molecular formula is C14H19N3O4. The molecule has 0 bridgehead atoms. The number of benzene rings is 1. The van der Waals surface area contributed by atoms with Crippen LogP contribution in [-0.2, 0) is 4.79 Å². The number of amides is 1. The molecule has 1 fully saturated rings. The highest BCUT2D eigenvalue weighted by Gasteiger charge is 2.34. The quantitative estimate of drug-likeness (QED) is 0.665. The van der Waals surface area contributed by atoms with Crippen molar-refractivity contribution in [3.8, 4) is 5.75 Å². The fourth-order valence-corrected chi connectivity index (χ4v) is 2.22. The minimum atomic E-state index is -1.01. The third-order valence-corrected chi connectivity index (χ3v) is 3.34. The lowest BCUT2D eigenvalue weighted by Crippen LogP contribution is -2.54. The van der Waals surface area contributed by atoms with Crippen LogP contribution in [0.3, 0.4) is 0 Å². The van der Waals surface area contributed by atoms with Crippen molar-refractivity contribution in [3.63, 3.8) is 0 Å². The summed E-state index contributed by atoms with van der Waals surface area (Å²) in [5.41, 5.74) is -1.01. The Morgan fingerprint density at radius 1 is 1.29 bits per heavy atom. The molecule has 1 heterocycles. The van der Waals surface area contributed by atoms with E-state index in [2.05, 4.69) is 5.32 Å². The fourth-order valence-electron chi connectivity index (χ4n) is 2.22. The zero-order chi connectivity index (χ0) is 15.5. The zero-order valence-corrected chi connectivity index (χ0v) is 12.2. The lowest BCUT2D eigenvalue weighted by Gasteiger charge is -2.34. The maximum atomic E-state index is 12.5. The summed E-state index contributed by atoms with van der Waals surface area (Å²) in [6.45, 7) is 6.29. The van der Waals surface area contributed by atoms with Gasteiger partial charge in [-0.25, -0.2) is 0 Å². The van der Waals surface area contributed by atoms with Gasteiger partial charge in [0.05, 0.1) is 4.92 Å². The monoisotopic (exact) mass is 293 g/mol. The standard InChI is InChI=1S/C14H19N3O4/c1-14(2,13(18)16-9-7-15-8-10-16)21-12-5-3-11(4-6-12)17(19)20/h3-6,15H,7-10H2,1-2H3. The number of ether oxygens (including phenoxy) is 1. The fraction of sp³-hybridized carbons (Fsp3) is 0.500. The van der Waals surface area contributed by atoms with Crippen LogP contribution in [0.5, 0.6) is 5.75 Å². The minimum absolute atomic E-state index is 0.00594. The van der Waals surface area contributed by atoms with Gasteiger partial charge in [-0.1, -0.05) is 0 Å². The average Bonchev–Trinajstić information content (AvgIpc) is 2.47. The maximum absolute atomic E-state index is 12.5. The number of nitrogens with zero attached hydrogens (tertiary/aromatic N) is 2. The van der Waals surface area contributed by atoms with Gasteiger partial charge in [-0.15, -0.1) is 0 Å². The molecule has 114 valence electrons. The van der Waals surface area contributed by atoms with E-state index in [9.17, 15) is 14.9 Å². The van der Waals surface area contributed by atoms with Gasteiger partial charge in [0, 0.05) is 38.3 Å². The number of hydrogen-bond acceptors (Lipinski definition) is 5. The van der Waals surface area contributed by atoms with E-state index in [-0.39, 0.29) is 11.6 Å². The molecule has 1 aliphatic rings. The number of rotatable bonds is 4. The normalized spacial score (nSPS) is 15.6. The lowest BCUT2D eigenvalue weighted by molar-refractivity contribution is -0.384. The summed E-state index contributed by atoms with van der Waals surface area (Å²) in [5, 5.41) is 13.8. The Morgan fingerprint density at radius 2 is 1.86 bits per heavy atom. The van der Waals surface area contributed by atoms with Crippen LogP contribution in [0.15, 0.2) is 24.3 Å². The molecular weight excluding hydrogens is 274 g/mol. The van der Waals surface area contributed by atoms with E-state index in [1.165, 1.54) is 24.3 Å². The van der Waals surface area contributed by atoms with E-state index in [1.807, 2.05) is 0 Å². The molecule has 0 atom stereocenters. The van der Waals surface area contributed by atoms with Gasteiger partial charge in [-0.3, -0.25) is 14.9 Å². The summed E-state index contributed by atoms with van der Waals surface area (Å²) in [4.78, 5) is 24.4. The van der Waals surface area contributed by atoms with Crippen LogP contribution in [-0.4, -0.2) is 47.5 Å². The van der Waals surface area contributed by atoms with E-state index in [1.54, 1.807) is 18.7 Å². The number of nitro groups is 1. The molecule has 1 amide bonds. The average molecular weight is 293 g/mol. The van der Waals surface area contributed by atoms with Crippen molar-refractivity contribution in [2.24, 2.45) is 0 Å². The molecule has 0 aromatic heterocycles. The van der Waals surface area contributed by atoms with Crippen LogP contribution in [0, 0.1) is 10.1 Å². The van der Waals surface area contributed by atoms with E-state index >= 15 is 0 Å². The van der Waals surface area contributed by atoms with Gasteiger partial charge in [0.2, 0.25) is 0 Å². The molecule has 7 nitrogen and oxygen atoms in total. The maximum Gasteiger partial charge on any atom is 0.269 e. The highest BCUT2D eigenvalue weighted by Crippen LogP contribution is 2.23. The van der Waals surface area contributed by atoms with Gasteiger partial charge >= 0.3 is 0 Å². The summed E-state index contributed by atoms with van der Waals surface area (Å²) < 4.78 is 5.72. The third kappa shape index (κ3) is 3.69. The second kappa shape index (κ2) is 6.09. The Hall–Kier alpha value is -2.15. The van der Waals surface area contributed by atoms with Crippen molar-refractivity contribution in [3.05, 3.63) is 34.4 Å². The molecule has 0 saturated carbocycles. The van der Waals surface area contributed by atoms with Gasteiger partial charge in [0.1, 0.15) is 5.75 Å². The van der Waals surface area contributed by atoms with Gasteiger partial charge in [0.15, 0.2) is 5.60 Å². The molecule has 2 rings (SSSR count). The molecule has 1 saturated heterocycles. The first-order valence-corrected chi connectivity index (χ1v) is 6.84. The van der Waals surface area contributed by atoms with Gasteiger partial charge in [0.25, 0.3) is 11.6 Å². The number of non-ortho nitro benzene ring substituents is 1. The molecule has 0 spiro atoms. The molecule has 7 heteroatoms. The Kier molecular flexibility index (Phi) is 4.42. The number of piperazine rings is 1. The Bertz CT molecular complexity index is 522. The lowest BCUT2D eigenvalue weighted by atomic mass is 10.1. The zero-order valence-electron chi connectivity index (χ0n) is 12.2. The van der Waals surface area contributed by atoms with Crippen LogP contribution in [0.1, 0.15) is 13.8 Å². The molecule has 1 N–H and O–H groups in total. The highest BCUT2D eigenvalue weighted by atomic mass is 16.6. The van der Waals surface area contributed by atoms with Crippen LogP contribution in [0.25, 0.3) is 0 Å². The van der Waals surface area contributed by atoms with Crippen LogP contribution in [0.4, 0.5) is 5.69 Å². The Labute approximate surface area is 123 Å². The van der Waals surface area contributed by atoms with Gasteiger partial charge in [-0.2, -0.15) is 0 Å². The molecule has 1 aromatic carbocycles. The van der Waals surface area contributed by atoms with Crippen molar-refractivity contribution in [2.45, 2.75) is 19.4 Å². The summed E-state index contributed by atoms with van der Waals surface area (Å²) in [5.74, 6) is 0.358. The van der Waals surface area contributed by atoms with Crippen molar-refractivity contribution in [1.29, 1.82) is 0 Å². The third-order valence-electron chi connectivity index (χ3n) is 3.34. The van der Waals surface area contributed by atoms with Gasteiger partial charge < -0.3 is 15.0 Å². The number of hydrogen-bond donors (Lipinski definition) is 1. The van der Waals surface area contributed by atoms with Crippen molar-refractivity contribution in [2.75, 3.05) is 26.2 Å². The van der Waals surface area contributed by atoms with E-state index in [0.717, 1.165) is 13.1 Å². The Balaban J connectivity index is 2.05. The second-order valence-corrected chi connectivity index (χ2v) is 5.41. The summed E-state index contributed by atoms with van der Waals surface area (Å²) in [6.07, 6.45) is 0. The van der Waals surface area contributed by atoms with E-state index in [0.29, 0.717) is 18.8 Å². The van der Waals surface area contributed by atoms with E-state index in [4.69, 9.17) is 4.74 Å². The van der Waals surface area contributed by atoms with Crippen LogP contribution >= 0.6 is 0 Å².